The molecule has 1 aromatic rings. The SMILES string of the molecule is CC(Nc1cc(F)ccc1F)C(C)C(=O)O. The highest BCUT2D eigenvalue weighted by atomic mass is 19.1. The molecule has 0 fully saturated rings. The molecule has 0 aromatic heterocycles. The minimum Gasteiger partial charge on any atom is -0.481 e. The maximum Gasteiger partial charge on any atom is 0.308 e. The standard InChI is InChI=1S/C11H13F2NO2/c1-6(11(15)16)7(2)14-10-5-8(12)3-4-9(10)13/h3-7,14H,1-2H3,(H,15,16). The summed E-state index contributed by atoms with van der Waals surface area (Å²) in [7, 11) is 0. The molecule has 0 saturated heterocycles. The van der Waals surface area contributed by atoms with Crippen molar-refractivity contribution in [1.82, 2.24) is 0 Å². The van der Waals surface area contributed by atoms with Crippen molar-refractivity contribution in [2.75, 3.05) is 5.32 Å². The maximum absolute atomic E-state index is 13.2. The number of carboxylic acid groups (broad SMARTS) is 1. The molecule has 2 N–H and O–H groups in total. The van der Waals surface area contributed by atoms with Gasteiger partial charge in [-0.05, 0) is 32.0 Å². The van der Waals surface area contributed by atoms with E-state index in [0.717, 1.165) is 18.2 Å². The van der Waals surface area contributed by atoms with Crippen molar-refractivity contribution < 1.29 is 18.7 Å². The van der Waals surface area contributed by atoms with Crippen LogP contribution in [0.1, 0.15) is 13.8 Å². The third-order valence-corrected chi connectivity index (χ3v) is 2.45. The first-order valence-electron chi connectivity index (χ1n) is 4.86. The first-order chi connectivity index (χ1) is 7.41. The van der Waals surface area contributed by atoms with Crippen molar-refractivity contribution in [2.45, 2.75) is 19.9 Å². The predicted octanol–water partition coefficient (Wildman–Crippen LogP) is 2.49. The highest BCUT2D eigenvalue weighted by Gasteiger charge is 2.20. The number of aliphatic carboxylic acids is 1. The molecule has 0 heterocycles. The minimum absolute atomic E-state index is 0.0272. The Hall–Kier alpha value is -1.65. The zero-order valence-corrected chi connectivity index (χ0v) is 9.00. The van der Waals surface area contributed by atoms with Crippen molar-refractivity contribution in [2.24, 2.45) is 5.92 Å². The normalized spacial score (nSPS) is 14.2. The van der Waals surface area contributed by atoms with Gasteiger partial charge in [0.1, 0.15) is 11.6 Å². The van der Waals surface area contributed by atoms with Gasteiger partial charge < -0.3 is 10.4 Å². The number of nitrogens with one attached hydrogen (secondary N) is 1. The van der Waals surface area contributed by atoms with E-state index in [-0.39, 0.29) is 5.69 Å². The summed E-state index contributed by atoms with van der Waals surface area (Å²) in [5, 5.41) is 11.4. The molecule has 16 heavy (non-hydrogen) atoms. The summed E-state index contributed by atoms with van der Waals surface area (Å²) in [6.45, 7) is 3.10. The molecule has 0 radical (unpaired) electrons. The second-order valence-corrected chi connectivity index (χ2v) is 3.68. The van der Waals surface area contributed by atoms with Gasteiger partial charge in [-0.15, -0.1) is 0 Å². The average molecular weight is 229 g/mol. The molecule has 0 saturated carbocycles. The van der Waals surface area contributed by atoms with E-state index >= 15 is 0 Å². The van der Waals surface area contributed by atoms with Crippen molar-refractivity contribution in [1.29, 1.82) is 0 Å². The number of halogens is 2. The monoisotopic (exact) mass is 229 g/mol. The zero-order chi connectivity index (χ0) is 12.3. The maximum atomic E-state index is 13.2. The van der Waals surface area contributed by atoms with Gasteiger partial charge >= 0.3 is 5.97 Å². The van der Waals surface area contributed by atoms with Gasteiger partial charge in [0.05, 0.1) is 11.6 Å². The molecule has 0 aliphatic heterocycles. The molecule has 1 aromatic carbocycles. The molecule has 0 bridgehead atoms. The lowest BCUT2D eigenvalue weighted by molar-refractivity contribution is -0.141. The highest BCUT2D eigenvalue weighted by Crippen LogP contribution is 2.18. The van der Waals surface area contributed by atoms with E-state index < -0.39 is 29.6 Å². The van der Waals surface area contributed by atoms with Gasteiger partial charge in [0.2, 0.25) is 0 Å². The Morgan fingerprint density at radius 2 is 2.00 bits per heavy atom. The molecule has 0 amide bonds. The van der Waals surface area contributed by atoms with Crippen LogP contribution < -0.4 is 5.32 Å². The van der Waals surface area contributed by atoms with Crippen LogP contribution in [-0.4, -0.2) is 17.1 Å². The fraction of sp³-hybridized carbons (Fsp3) is 0.364. The van der Waals surface area contributed by atoms with E-state index in [1.165, 1.54) is 6.92 Å². The van der Waals surface area contributed by atoms with E-state index in [0.29, 0.717) is 0 Å². The molecule has 1 rings (SSSR count). The number of carboxylic acids is 1. The van der Waals surface area contributed by atoms with Gasteiger partial charge in [-0.3, -0.25) is 4.79 Å². The van der Waals surface area contributed by atoms with Crippen molar-refractivity contribution >= 4 is 11.7 Å². The number of hydrogen-bond donors (Lipinski definition) is 2. The summed E-state index contributed by atoms with van der Waals surface area (Å²) in [6.07, 6.45) is 0. The number of hydrogen-bond acceptors (Lipinski definition) is 2. The second-order valence-electron chi connectivity index (χ2n) is 3.68. The summed E-state index contributed by atoms with van der Waals surface area (Å²) in [5.41, 5.74) is -0.0272. The summed E-state index contributed by atoms with van der Waals surface area (Å²) in [5.74, 6) is -2.86. The Morgan fingerprint density at radius 3 is 2.56 bits per heavy atom. The molecule has 2 unspecified atom stereocenters. The van der Waals surface area contributed by atoms with Crippen molar-refractivity contribution in [3.63, 3.8) is 0 Å². The van der Waals surface area contributed by atoms with Gasteiger partial charge in [0.15, 0.2) is 0 Å². The molecule has 0 aliphatic rings. The molecule has 0 aliphatic carbocycles. The van der Waals surface area contributed by atoms with E-state index in [9.17, 15) is 13.6 Å². The van der Waals surface area contributed by atoms with Crippen molar-refractivity contribution in [3.8, 4) is 0 Å². The summed E-state index contributed by atoms with van der Waals surface area (Å²) in [6, 6.07) is 2.51. The van der Waals surface area contributed by atoms with E-state index in [1.54, 1.807) is 6.92 Å². The summed E-state index contributed by atoms with van der Waals surface area (Å²) >= 11 is 0. The quantitative estimate of drug-likeness (QED) is 0.833. The number of rotatable bonds is 4. The lowest BCUT2D eigenvalue weighted by Crippen LogP contribution is -2.30. The first kappa shape index (κ1) is 12.4. The van der Waals surface area contributed by atoms with Crippen LogP contribution in [0.2, 0.25) is 0 Å². The van der Waals surface area contributed by atoms with Crippen LogP contribution in [0.25, 0.3) is 0 Å². The van der Waals surface area contributed by atoms with E-state index in [4.69, 9.17) is 5.11 Å². The van der Waals surface area contributed by atoms with Gasteiger partial charge in [0.25, 0.3) is 0 Å². The number of carbonyl (C=O) groups is 1. The third-order valence-electron chi connectivity index (χ3n) is 2.45. The third kappa shape index (κ3) is 2.92. The molecule has 5 heteroatoms. The van der Waals surface area contributed by atoms with Crippen LogP contribution in [-0.2, 0) is 4.79 Å². The Kier molecular flexibility index (Phi) is 3.82. The number of anilines is 1. The largest absolute Gasteiger partial charge is 0.481 e. The van der Waals surface area contributed by atoms with Gasteiger partial charge in [-0.1, -0.05) is 0 Å². The zero-order valence-electron chi connectivity index (χ0n) is 9.00. The molecular weight excluding hydrogens is 216 g/mol. The van der Waals surface area contributed by atoms with E-state index in [2.05, 4.69) is 5.32 Å². The molecule has 0 spiro atoms. The summed E-state index contributed by atoms with van der Waals surface area (Å²) < 4.78 is 26.1. The summed E-state index contributed by atoms with van der Waals surface area (Å²) in [4.78, 5) is 10.7. The Bertz CT molecular complexity index is 396. The Morgan fingerprint density at radius 1 is 1.38 bits per heavy atom. The Labute approximate surface area is 92.1 Å². The van der Waals surface area contributed by atoms with Crippen LogP contribution in [0.3, 0.4) is 0 Å². The molecule has 3 nitrogen and oxygen atoms in total. The average Bonchev–Trinajstić information content (AvgIpc) is 2.22. The van der Waals surface area contributed by atoms with Crippen LogP contribution in [0.15, 0.2) is 18.2 Å². The van der Waals surface area contributed by atoms with Gasteiger partial charge in [-0.25, -0.2) is 8.78 Å². The highest BCUT2D eigenvalue weighted by molar-refractivity contribution is 5.71. The topological polar surface area (TPSA) is 49.3 Å². The first-order valence-corrected chi connectivity index (χ1v) is 4.86. The van der Waals surface area contributed by atoms with Gasteiger partial charge in [0, 0.05) is 6.04 Å². The molecular formula is C11H13F2NO2. The minimum atomic E-state index is -0.989. The van der Waals surface area contributed by atoms with E-state index in [1.807, 2.05) is 0 Å². The second kappa shape index (κ2) is 4.92. The molecule has 88 valence electrons. The van der Waals surface area contributed by atoms with Crippen molar-refractivity contribution in [3.05, 3.63) is 29.8 Å². The molecule has 2 atom stereocenters. The Balaban J connectivity index is 2.80. The lowest BCUT2D eigenvalue weighted by atomic mass is 10.0. The van der Waals surface area contributed by atoms with Crippen LogP contribution >= 0.6 is 0 Å². The number of benzene rings is 1. The lowest BCUT2D eigenvalue weighted by Gasteiger charge is -2.19. The van der Waals surface area contributed by atoms with Crippen LogP contribution in [0.5, 0.6) is 0 Å². The van der Waals surface area contributed by atoms with Crippen LogP contribution in [0, 0.1) is 17.6 Å². The fourth-order valence-corrected chi connectivity index (χ4v) is 1.19. The van der Waals surface area contributed by atoms with Gasteiger partial charge in [-0.2, -0.15) is 0 Å². The smallest absolute Gasteiger partial charge is 0.308 e. The predicted molar refractivity (Wildman–Crippen MR) is 56.2 cm³/mol. The van der Waals surface area contributed by atoms with Crippen LogP contribution in [0.4, 0.5) is 14.5 Å². The fourth-order valence-electron chi connectivity index (χ4n) is 1.19.